The Morgan fingerprint density at radius 3 is 1.91 bits per heavy atom. The highest BCUT2D eigenvalue weighted by molar-refractivity contribution is 7.66. The Morgan fingerprint density at radius 1 is 0.955 bits per heavy atom. The number of aliphatic hydroxyl groups is 2. The number of phosphoric acid groups is 3. The van der Waals surface area contributed by atoms with E-state index in [9.17, 15) is 23.9 Å². The van der Waals surface area contributed by atoms with E-state index in [4.69, 9.17) is 32.2 Å². The molecule has 3 unspecified atom stereocenters. The van der Waals surface area contributed by atoms with Gasteiger partial charge in [0.25, 0.3) is 0 Å². The third kappa shape index (κ3) is 6.46. The molecule has 6 atom stereocenters. The predicted octanol–water partition coefficient (Wildman–Crippen LogP) is -2.06. The number of ether oxygens (including phenoxy) is 1. The van der Waals surface area contributed by atoms with Gasteiger partial charge in [0.15, 0.2) is 0 Å². The van der Waals surface area contributed by atoms with Crippen molar-refractivity contribution in [2.75, 3.05) is 6.61 Å². The second-order valence-corrected chi connectivity index (χ2v) is 8.43. The molecule has 0 spiro atoms. The molecule has 1 aliphatic rings. The van der Waals surface area contributed by atoms with Crippen molar-refractivity contribution in [3.05, 3.63) is 0 Å². The Balaban J connectivity index is 2.60. The summed E-state index contributed by atoms with van der Waals surface area (Å²) in [7, 11) is -11.2. The molecule has 1 heterocycles. The summed E-state index contributed by atoms with van der Waals surface area (Å²) in [6, 6.07) is -1.29. The summed E-state index contributed by atoms with van der Waals surface area (Å²) in [6.45, 7) is -0.893. The van der Waals surface area contributed by atoms with Crippen molar-refractivity contribution in [1.82, 2.24) is 0 Å². The number of hydrogen-bond donors (Lipinski definition) is 6. The van der Waals surface area contributed by atoms with Gasteiger partial charge in [-0.05, 0) is 0 Å². The molecular weight excluding hydrogens is 372 g/mol. The van der Waals surface area contributed by atoms with Crippen LogP contribution in [0.2, 0.25) is 0 Å². The van der Waals surface area contributed by atoms with E-state index < -0.39 is 54.4 Å². The zero-order valence-electron chi connectivity index (χ0n) is 10.5. The first kappa shape index (κ1) is 20.4. The van der Waals surface area contributed by atoms with Gasteiger partial charge in [0, 0.05) is 6.00 Å². The zero-order valence-corrected chi connectivity index (χ0v) is 13.2. The standard InChI is InChI=1S/C5H12BO13P3/c6-5-4(8)3(7)2(17-5)1-16-21(12,13)19-22(14,15)18-20(9,10)11/h2-5,7-8H,1H2,(H,12,13)(H,14,15)(H2,9,10,11)/t2-,3?,4+,5-/m1/s1. The lowest BCUT2D eigenvalue weighted by Gasteiger charge is -2.19. The fourth-order valence-corrected chi connectivity index (χ4v) is 4.42. The van der Waals surface area contributed by atoms with E-state index in [1.165, 1.54) is 0 Å². The first-order valence-corrected chi connectivity index (χ1v) is 9.80. The van der Waals surface area contributed by atoms with Crippen LogP contribution >= 0.6 is 23.5 Å². The molecule has 2 radical (unpaired) electrons. The minimum absolute atomic E-state index is 0.893. The maximum Gasteiger partial charge on any atom is 0.490 e. The summed E-state index contributed by atoms with van der Waals surface area (Å²) in [5.74, 6) is 0. The smallest absolute Gasteiger partial charge is 0.388 e. The number of phosphoric ester groups is 1. The highest BCUT2D eigenvalue weighted by atomic mass is 31.3. The normalized spacial score (nSPS) is 35.0. The van der Waals surface area contributed by atoms with Crippen molar-refractivity contribution < 1.29 is 61.4 Å². The molecule has 0 aromatic rings. The van der Waals surface area contributed by atoms with Crippen molar-refractivity contribution in [2.45, 2.75) is 24.3 Å². The SMILES string of the molecule is [B][C@@H]1O[C@H](COP(=O)(O)OP(=O)(O)OP(=O)(O)O)C(O)[C@@H]1O. The number of rotatable bonds is 7. The summed E-state index contributed by atoms with van der Waals surface area (Å²) in [4.78, 5) is 34.7. The molecule has 22 heavy (non-hydrogen) atoms. The minimum Gasteiger partial charge on any atom is -0.388 e. The third-order valence-electron chi connectivity index (χ3n) is 2.22. The Labute approximate surface area is 124 Å². The van der Waals surface area contributed by atoms with Crippen molar-refractivity contribution >= 4 is 31.3 Å². The summed E-state index contributed by atoms with van der Waals surface area (Å²) < 4.78 is 48.7. The molecule has 0 bridgehead atoms. The topological polar surface area (TPSA) is 210 Å². The second-order valence-electron chi connectivity index (χ2n) is 4.01. The second kappa shape index (κ2) is 7.08. The van der Waals surface area contributed by atoms with Gasteiger partial charge in [-0.15, -0.1) is 0 Å². The molecule has 0 aromatic heterocycles. The van der Waals surface area contributed by atoms with Crippen LogP contribution in [0.5, 0.6) is 0 Å². The molecule has 1 rings (SSSR count). The lowest BCUT2D eigenvalue weighted by molar-refractivity contribution is -0.00869. The first-order valence-electron chi connectivity index (χ1n) is 5.28. The van der Waals surface area contributed by atoms with Crippen LogP contribution in [-0.4, -0.2) is 68.6 Å². The highest BCUT2D eigenvalue weighted by Gasteiger charge is 2.44. The Hall–Kier alpha value is 0.355. The summed E-state index contributed by atoms with van der Waals surface area (Å²) in [5.41, 5.74) is 0. The Bertz CT molecular complexity index is 532. The van der Waals surface area contributed by atoms with Crippen LogP contribution in [0.15, 0.2) is 0 Å². The molecular formula is C5H12BO13P3. The summed E-state index contributed by atoms with van der Waals surface area (Å²) >= 11 is 0. The fourth-order valence-electron chi connectivity index (χ4n) is 1.39. The average Bonchev–Trinajstić information content (AvgIpc) is 2.49. The van der Waals surface area contributed by atoms with Gasteiger partial charge in [-0.3, -0.25) is 4.52 Å². The number of hydrogen-bond acceptors (Lipinski definition) is 9. The van der Waals surface area contributed by atoms with E-state index in [1.54, 1.807) is 0 Å². The minimum atomic E-state index is -5.61. The lowest BCUT2D eigenvalue weighted by atomic mass is 9.93. The van der Waals surface area contributed by atoms with Gasteiger partial charge in [-0.2, -0.15) is 8.62 Å². The monoisotopic (exact) mass is 384 g/mol. The van der Waals surface area contributed by atoms with E-state index in [0.29, 0.717) is 0 Å². The van der Waals surface area contributed by atoms with E-state index in [0.717, 1.165) is 0 Å². The third-order valence-corrected chi connectivity index (χ3v) is 6.02. The summed E-state index contributed by atoms with van der Waals surface area (Å²) in [6.07, 6.45) is -4.41. The van der Waals surface area contributed by atoms with Gasteiger partial charge in [0.2, 0.25) is 0 Å². The van der Waals surface area contributed by atoms with Gasteiger partial charge in [0.05, 0.1) is 12.7 Å². The van der Waals surface area contributed by atoms with Crippen LogP contribution in [0.25, 0.3) is 0 Å². The number of aliphatic hydroxyl groups excluding tert-OH is 2. The van der Waals surface area contributed by atoms with Crippen molar-refractivity contribution in [3.63, 3.8) is 0 Å². The lowest BCUT2D eigenvalue weighted by Crippen LogP contribution is -2.34. The van der Waals surface area contributed by atoms with E-state index in [-0.39, 0.29) is 0 Å². The zero-order chi connectivity index (χ0) is 17.3. The Kier molecular flexibility index (Phi) is 6.56. The van der Waals surface area contributed by atoms with Crippen molar-refractivity contribution in [2.24, 2.45) is 0 Å². The fraction of sp³-hybridized carbons (Fsp3) is 1.00. The van der Waals surface area contributed by atoms with E-state index >= 15 is 0 Å². The van der Waals surface area contributed by atoms with Gasteiger partial charge >= 0.3 is 23.5 Å². The van der Waals surface area contributed by atoms with Crippen molar-refractivity contribution in [1.29, 1.82) is 0 Å². The average molecular weight is 384 g/mol. The maximum absolute atomic E-state index is 11.4. The molecule has 0 saturated carbocycles. The molecule has 6 N–H and O–H groups in total. The summed E-state index contributed by atoms with van der Waals surface area (Å²) in [5, 5.41) is 18.7. The maximum atomic E-state index is 11.4. The first-order chi connectivity index (χ1) is 9.72. The van der Waals surface area contributed by atoms with Crippen LogP contribution in [0, 0.1) is 0 Å². The molecule has 0 aromatic carbocycles. The van der Waals surface area contributed by atoms with Gasteiger partial charge in [-0.25, -0.2) is 13.7 Å². The van der Waals surface area contributed by atoms with Gasteiger partial charge in [0.1, 0.15) is 20.1 Å². The Morgan fingerprint density at radius 2 is 1.50 bits per heavy atom. The van der Waals surface area contributed by atoms with E-state index in [1.807, 2.05) is 0 Å². The highest BCUT2D eigenvalue weighted by Crippen LogP contribution is 2.66. The largest absolute Gasteiger partial charge is 0.490 e. The molecule has 0 aliphatic carbocycles. The molecule has 1 fully saturated rings. The van der Waals surface area contributed by atoms with Crippen LogP contribution in [0.3, 0.4) is 0 Å². The molecule has 128 valence electrons. The van der Waals surface area contributed by atoms with Crippen LogP contribution in [-0.2, 0) is 31.6 Å². The molecule has 1 aliphatic heterocycles. The van der Waals surface area contributed by atoms with E-state index in [2.05, 4.69) is 13.1 Å². The quantitative estimate of drug-likeness (QED) is 0.206. The van der Waals surface area contributed by atoms with Gasteiger partial charge in [-0.1, -0.05) is 0 Å². The van der Waals surface area contributed by atoms with Crippen LogP contribution < -0.4 is 0 Å². The van der Waals surface area contributed by atoms with Crippen LogP contribution in [0.1, 0.15) is 0 Å². The van der Waals surface area contributed by atoms with Crippen LogP contribution in [0.4, 0.5) is 0 Å². The molecule has 0 amide bonds. The molecule has 13 nitrogen and oxygen atoms in total. The molecule has 1 saturated heterocycles. The molecule has 17 heteroatoms. The van der Waals surface area contributed by atoms with Crippen molar-refractivity contribution in [3.8, 4) is 0 Å². The predicted molar refractivity (Wildman–Crippen MR) is 66.2 cm³/mol. The van der Waals surface area contributed by atoms with Gasteiger partial charge < -0.3 is 34.5 Å².